The molecule has 3 unspecified atom stereocenters. The van der Waals surface area contributed by atoms with Gasteiger partial charge in [-0.2, -0.15) is 0 Å². The maximum absolute atomic E-state index is 14.1. The Morgan fingerprint density at radius 1 is 1.15 bits per heavy atom. The van der Waals surface area contributed by atoms with Gasteiger partial charge < -0.3 is 30.1 Å². The van der Waals surface area contributed by atoms with E-state index in [-0.39, 0.29) is 35.1 Å². The van der Waals surface area contributed by atoms with E-state index < -0.39 is 35.6 Å². The summed E-state index contributed by atoms with van der Waals surface area (Å²) in [6.45, 7) is 7.96. The standard InChI is InChI=1S/C28H39BrN4O6/c1-17(2)20(16-34)33-24(26(36)30-8-9-32-10-12-38-13-11-32)28-14-19(29)23(39-28)21(22(28)27(33)37)25(35)31-15-18-6-4-3-5-7-18/h3-7,17,19-24,34H,8-16H2,1-2H3,(H,30,36)(H,31,35)/t19?,20-,21-,22-,23-,24?,28?/m0/s1. The van der Waals surface area contributed by atoms with Crippen LogP contribution >= 0.6 is 15.9 Å². The second-order valence-corrected chi connectivity index (χ2v) is 12.5. The number of fused-ring (bicyclic) bond motifs is 1. The van der Waals surface area contributed by atoms with Crippen molar-refractivity contribution < 1.29 is 29.0 Å². The van der Waals surface area contributed by atoms with Crippen LogP contribution in [0.4, 0.5) is 0 Å². The van der Waals surface area contributed by atoms with Crippen LogP contribution in [0.1, 0.15) is 25.8 Å². The Labute approximate surface area is 237 Å². The molecule has 4 saturated heterocycles. The van der Waals surface area contributed by atoms with E-state index in [9.17, 15) is 19.5 Å². The van der Waals surface area contributed by atoms with Crippen LogP contribution in [0.25, 0.3) is 0 Å². The van der Waals surface area contributed by atoms with Gasteiger partial charge in [-0.05, 0) is 17.9 Å². The molecule has 11 heteroatoms. The van der Waals surface area contributed by atoms with Gasteiger partial charge in [0.15, 0.2) is 0 Å². The average molecular weight is 608 g/mol. The van der Waals surface area contributed by atoms with Crippen molar-refractivity contribution in [1.29, 1.82) is 0 Å². The van der Waals surface area contributed by atoms with Gasteiger partial charge in [0.25, 0.3) is 0 Å². The van der Waals surface area contributed by atoms with E-state index in [0.29, 0.717) is 39.3 Å². The predicted octanol–water partition coefficient (Wildman–Crippen LogP) is 0.516. The van der Waals surface area contributed by atoms with Gasteiger partial charge in [-0.15, -0.1) is 0 Å². The maximum Gasteiger partial charge on any atom is 0.245 e. The molecule has 10 nitrogen and oxygen atoms in total. The molecule has 5 rings (SSSR count). The van der Waals surface area contributed by atoms with Crippen LogP contribution in [0, 0.1) is 17.8 Å². The van der Waals surface area contributed by atoms with Gasteiger partial charge >= 0.3 is 0 Å². The summed E-state index contributed by atoms with van der Waals surface area (Å²) in [7, 11) is 0. The molecule has 0 aliphatic carbocycles. The Balaban J connectivity index is 1.39. The number of likely N-dealkylation sites (tertiary alicyclic amines) is 1. The van der Waals surface area contributed by atoms with Crippen LogP contribution in [0.5, 0.6) is 0 Å². The van der Waals surface area contributed by atoms with E-state index in [1.165, 1.54) is 4.90 Å². The third kappa shape index (κ3) is 5.24. The lowest BCUT2D eigenvalue weighted by molar-refractivity contribution is -0.146. The highest BCUT2D eigenvalue weighted by molar-refractivity contribution is 9.09. The highest BCUT2D eigenvalue weighted by atomic mass is 79.9. The summed E-state index contributed by atoms with van der Waals surface area (Å²) in [6.07, 6.45) is -0.0858. The average Bonchev–Trinajstić information content (AvgIpc) is 3.52. The molecular weight excluding hydrogens is 568 g/mol. The Morgan fingerprint density at radius 2 is 1.87 bits per heavy atom. The van der Waals surface area contributed by atoms with Crippen LogP contribution in [0.15, 0.2) is 30.3 Å². The van der Waals surface area contributed by atoms with Crippen molar-refractivity contribution in [2.75, 3.05) is 46.0 Å². The number of rotatable bonds is 10. The van der Waals surface area contributed by atoms with Gasteiger partial charge in [-0.3, -0.25) is 19.3 Å². The Morgan fingerprint density at radius 3 is 2.54 bits per heavy atom. The number of alkyl halides is 1. The van der Waals surface area contributed by atoms with Gasteiger partial charge in [0.1, 0.15) is 11.6 Å². The third-order valence-corrected chi connectivity index (χ3v) is 9.58. The zero-order chi connectivity index (χ0) is 27.7. The van der Waals surface area contributed by atoms with Gasteiger partial charge in [-0.25, -0.2) is 0 Å². The molecule has 39 heavy (non-hydrogen) atoms. The second kappa shape index (κ2) is 11.8. The van der Waals surface area contributed by atoms with Crippen molar-refractivity contribution in [3.63, 3.8) is 0 Å². The summed E-state index contributed by atoms with van der Waals surface area (Å²) < 4.78 is 12.0. The van der Waals surface area contributed by atoms with Crippen LogP contribution in [0.3, 0.4) is 0 Å². The van der Waals surface area contributed by atoms with Gasteiger partial charge in [0.05, 0.1) is 43.8 Å². The SMILES string of the molecule is CC(C)[C@H](CO)N1C(=O)[C@@H]2[C@H](C(=O)NCc3ccccc3)[C@H]3OC2(CC3Br)C1C(=O)NCCN1CCOCC1. The van der Waals surface area contributed by atoms with Crippen molar-refractivity contribution in [3.05, 3.63) is 35.9 Å². The van der Waals surface area contributed by atoms with Crippen molar-refractivity contribution >= 4 is 33.7 Å². The summed E-state index contributed by atoms with van der Waals surface area (Å²) in [5.74, 6) is -2.48. The fourth-order valence-corrected chi connectivity index (χ4v) is 7.75. The number of nitrogens with zero attached hydrogens (tertiary/aromatic N) is 2. The lowest BCUT2D eigenvalue weighted by Crippen LogP contribution is -2.59. The molecule has 4 fully saturated rings. The maximum atomic E-state index is 14.1. The minimum Gasteiger partial charge on any atom is -0.394 e. The highest BCUT2D eigenvalue weighted by Crippen LogP contribution is 2.60. The van der Waals surface area contributed by atoms with Gasteiger partial charge in [-0.1, -0.05) is 60.1 Å². The topological polar surface area (TPSA) is 120 Å². The molecule has 0 radical (unpaired) electrons. The number of hydrogen-bond acceptors (Lipinski definition) is 7. The normalized spacial score (nSPS) is 32.9. The zero-order valence-electron chi connectivity index (χ0n) is 22.6. The Hall–Kier alpha value is -2.05. The molecule has 1 aromatic carbocycles. The molecule has 3 N–H and O–H groups in total. The molecule has 0 aromatic heterocycles. The molecule has 214 valence electrons. The molecule has 4 aliphatic heterocycles. The number of halogens is 1. The zero-order valence-corrected chi connectivity index (χ0v) is 24.1. The number of nitrogens with one attached hydrogen (secondary N) is 2. The van der Waals surface area contributed by atoms with Crippen LogP contribution < -0.4 is 10.6 Å². The minimum absolute atomic E-state index is 0.0971. The Bertz CT molecular complexity index is 1050. The van der Waals surface area contributed by atoms with Crippen molar-refractivity contribution in [1.82, 2.24) is 20.4 Å². The molecule has 4 aliphatic rings. The molecule has 1 aromatic rings. The number of aliphatic hydroxyl groups excluding tert-OH is 1. The van der Waals surface area contributed by atoms with Gasteiger partial charge in [0, 0.05) is 37.6 Å². The van der Waals surface area contributed by atoms with Gasteiger partial charge in [0.2, 0.25) is 17.7 Å². The number of benzene rings is 1. The summed E-state index contributed by atoms with van der Waals surface area (Å²) in [4.78, 5) is 45.2. The molecule has 4 heterocycles. The highest BCUT2D eigenvalue weighted by Gasteiger charge is 2.77. The van der Waals surface area contributed by atoms with E-state index in [1.54, 1.807) is 0 Å². The molecule has 7 atom stereocenters. The quantitative estimate of drug-likeness (QED) is 0.332. The summed E-state index contributed by atoms with van der Waals surface area (Å²) in [5.41, 5.74) is -0.187. The Kier molecular flexibility index (Phi) is 8.63. The molecule has 0 saturated carbocycles. The van der Waals surface area contributed by atoms with Crippen LogP contribution in [-0.2, 0) is 30.4 Å². The van der Waals surface area contributed by atoms with Crippen molar-refractivity contribution in [3.8, 4) is 0 Å². The van der Waals surface area contributed by atoms with Crippen molar-refractivity contribution in [2.24, 2.45) is 17.8 Å². The summed E-state index contributed by atoms with van der Waals surface area (Å²) >= 11 is 3.70. The number of hydrogen-bond donors (Lipinski definition) is 3. The first-order valence-corrected chi connectivity index (χ1v) is 14.8. The number of aliphatic hydroxyl groups is 1. The van der Waals surface area contributed by atoms with Crippen molar-refractivity contribution in [2.45, 2.75) is 55.4 Å². The van der Waals surface area contributed by atoms with E-state index in [4.69, 9.17) is 9.47 Å². The number of amides is 3. The first kappa shape index (κ1) is 28.5. The van der Waals surface area contributed by atoms with Crippen LogP contribution in [-0.4, -0.2) is 107 Å². The third-order valence-electron chi connectivity index (χ3n) is 8.73. The molecule has 1 spiro atoms. The monoisotopic (exact) mass is 606 g/mol. The molecule has 2 bridgehead atoms. The smallest absolute Gasteiger partial charge is 0.245 e. The lowest BCUT2D eigenvalue weighted by atomic mass is 9.70. The fraction of sp³-hybridized carbons (Fsp3) is 0.679. The number of carbonyl (C=O) groups is 3. The first-order chi connectivity index (χ1) is 18.8. The largest absolute Gasteiger partial charge is 0.394 e. The first-order valence-electron chi connectivity index (χ1n) is 13.9. The number of ether oxygens (including phenoxy) is 2. The molecular formula is C28H39BrN4O6. The van der Waals surface area contributed by atoms with Crippen LogP contribution in [0.2, 0.25) is 0 Å². The lowest BCUT2D eigenvalue weighted by Gasteiger charge is -2.38. The number of morpholine rings is 1. The van der Waals surface area contributed by atoms with E-state index in [1.807, 2.05) is 44.2 Å². The fourth-order valence-electron chi connectivity index (χ4n) is 6.81. The van der Waals surface area contributed by atoms with E-state index in [2.05, 4.69) is 31.5 Å². The summed E-state index contributed by atoms with van der Waals surface area (Å²) in [6, 6.07) is 8.09. The summed E-state index contributed by atoms with van der Waals surface area (Å²) in [5, 5.41) is 16.4. The predicted molar refractivity (Wildman–Crippen MR) is 147 cm³/mol. The van der Waals surface area contributed by atoms with E-state index in [0.717, 1.165) is 18.7 Å². The van der Waals surface area contributed by atoms with E-state index >= 15 is 0 Å². The molecule has 3 amide bonds. The minimum atomic E-state index is -1.14. The number of carbonyl (C=O) groups excluding carboxylic acids is 3. The second-order valence-electron chi connectivity index (χ2n) is 11.4.